The van der Waals surface area contributed by atoms with Gasteiger partial charge in [-0.3, -0.25) is 0 Å². The zero-order chi connectivity index (χ0) is 13.1. The first kappa shape index (κ1) is 13.7. The highest BCUT2D eigenvalue weighted by Crippen LogP contribution is 2.34. The van der Waals surface area contributed by atoms with Crippen LogP contribution >= 0.6 is 35.0 Å². The Bertz CT molecular complexity index is 573. The summed E-state index contributed by atoms with van der Waals surface area (Å²) in [7, 11) is 0. The van der Waals surface area contributed by atoms with Gasteiger partial charge in [0.2, 0.25) is 0 Å². The summed E-state index contributed by atoms with van der Waals surface area (Å²) in [6, 6.07) is 9.33. The van der Waals surface area contributed by atoms with Gasteiger partial charge in [0.05, 0.1) is 5.02 Å². The number of hydrogen-bond acceptors (Lipinski definition) is 3. The van der Waals surface area contributed by atoms with E-state index >= 15 is 0 Å². The van der Waals surface area contributed by atoms with Crippen molar-refractivity contribution in [1.29, 1.82) is 0 Å². The Labute approximate surface area is 121 Å². The number of halogens is 2. The van der Waals surface area contributed by atoms with Crippen molar-refractivity contribution in [2.24, 2.45) is 5.73 Å². The molecule has 1 aromatic carbocycles. The van der Waals surface area contributed by atoms with E-state index in [1.807, 2.05) is 25.1 Å². The van der Waals surface area contributed by atoms with Crippen LogP contribution < -0.4 is 5.73 Å². The molecule has 0 bridgehead atoms. The molecule has 0 atom stereocenters. The fraction of sp³-hybridized carbons (Fsp3) is 0.154. The fourth-order valence-corrected chi connectivity index (χ4v) is 2.99. The van der Waals surface area contributed by atoms with Gasteiger partial charge in [0, 0.05) is 22.2 Å². The van der Waals surface area contributed by atoms with Crippen LogP contribution in [0.2, 0.25) is 10.0 Å². The number of aromatic nitrogens is 1. The highest BCUT2D eigenvalue weighted by atomic mass is 35.5. The van der Waals surface area contributed by atoms with Gasteiger partial charge in [-0.25, -0.2) is 4.98 Å². The van der Waals surface area contributed by atoms with E-state index in [0.29, 0.717) is 16.6 Å². The largest absolute Gasteiger partial charge is 0.326 e. The van der Waals surface area contributed by atoms with Crippen molar-refractivity contribution in [3.05, 3.63) is 51.6 Å². The normalized spacial score (nSPS) is 10.7. The number of aryl methyl sites for hydroxylation is 1. The number of nitrogens with two attached hydrogens (primary N) is 1. The van der Waals surface area contributed by atoms with Crippen LogP contribution in [0.15, 0.2) is 40.3 Å². The highest BCUT2D eigenvalue weighted by molar-refractivity contribution is 7.99. The minimum Gasteiger partial charge on any atom is -0.326 e. The lowest BCUT2D eigenvalue weighted by molar-refractivity contribution is 0.987. The van der Waals surface area contributed by atoms with Crippen LogP contribution in [-0.4, -0.2) is 4.98 Å². The maximum Gasteiger partial charge on any atom is 0.101 e. The molecule has 2 N–H and O–H groups in total. The minimum absolute atomic E-state index is 0.500. The lowest BCUT2D eigenvalue weighted by Crippen LogP contribution is -1.98. The standard InChI is InChI=1S/C13H12Cl2N2S/c1-8-4-9(7-16)5-13(17-8)18-12-6-10(14)2-3-11(12)15/h2-6H,7,16H2,1H3. The molecule has 0 unspecified atom stereocenters. The monoisotopic (exact) mass is 298 g/mol. The van der Waals surface area contributed by atoms with Crippen LogP contribution in [0, 0.1) is 6.92 Å². The van der Waals surface area contributed by atoms with E-state index < -0.39 is 0 Å². The Kier molecular flexibility index (Phi) is 4.51. The van der Waals surface area contributed by atoms with Gasteiger partial charge in [-0.1, -0.05) is 35.0 Å². The number of hydrogen-bond donors (Lipinski definition) is 1. The van der Waals surface area contributed by atoms with Gasteiger partial charge in [0.1, 0.15) is 5.03 Å². The molecule has 18 heavy (non-hydrogen) atoms. The summed E-state index contributed by atoms with van der Waals surface area (Å²) >= 11 is 13.6. The van der Waals surface area contributed by atoms with Gasteiger partial charge in [-0.05, 0) is 42.8 Å². The van der Waals surface area contributed by atoms with Crippen molar-refractivity contribution in [3.8, 4) is 0 Å². The zero-order valence-corrected chi connectivity index (χ0v) is 12.1. The highest BCUT2D eigenvalue weighted by Gasteiger charge is 2.06. The summed E-state index contributed by atoms with van der Waals surface area (Å²) in [6.07, 6.45) is 0. The minimum atomic E-state index is 0.500. The topological polar surface area (TPSA) is 38.9 Å². The smallest absolute Gasteiger partial charge is 0.101 e. The Balaban J connectivity index is 2.33. The summed E-state index contributed by atoms with van der Waals surface area (Å²) in [5.41, 5.74) is 7.65. The molecule has 0 aliphatic carbocycles. The molecule has 0 aliphatic heterocycles. The molecule has 0 amide bonds. The summed E-state index contributed by atoms with van der Waals surface area (Å²) in [4.78, 5) is 5.35. The number of rotatable bonds is 3. The molecular formula is C13H12Cl2N2S. The quantitative estimate of drug-likeness (QED) is 0.918. The lowest BCUT2D eigenvalue weighted by atomic mass is 10.2. The summed E-state index contributed by atoms with van der Waals surface area (Å²) in [5, 5.41) is 2.20. The van der Waals surface area contributed by atoms with Crippen molar-refractivity contribution in [2.45, 2.75) is 23.4 Å². The van der Waals surface area contributed by atoms with E-state index in [4.69, 9.17) is 28.9 Å². The lowest BCUT2D eigenvalue weighted by Gasteiger charge is -2.07. The first-order chi connectivity index (χ1) is 8.58. The average molecular weight is 299 g/mol. The SMILES string of the molecule is Cc1cc(CN)cc(Sc2cc(Cl)ccc2Cl)n1. The van der Waals surface area contributed by atoms with E-state index in [0.717, 1.165) is 21.2 Å². The van der Waals surface area contributed by atoms with Crippen LogP contribution in [0.3, 0.4) is 0 Å². The Morgan fingerprint density at radius 3 is 2.72 bits per heavy atom. The van der Waals surface area contributed by atoms with Crippen molar-refractivity contribution >= 4 is 35.0 Å². The van der Waals surface area contributed by atoms with Crippen LogP contribution in [0.1, 0.15) is 11.3 Å². The van der Waals surface area contributed by atoms with Crippen LogP contribution in [0.25, 0.3) is 0 Å². The van der Waals surface area contributed by atoms with Crippen LogP contribution in [0.5, 0.6) is 0 Å². The molecular weight excluding hydrogens is 287 g/mol. The van der Waals surface area contributed by atoms with E-state index in [9.17, 15) is 0 Å². The van der Waals surface area contributed by atoms with Crippen molar-refractivity contribution < 1.29 is 0 Å². The maximum atomic E-state index is 6.13. The van der Waals surface area contributed by atoms with E-state index in [1.165, 1.54) is 11.8 Å². The second-order valence-corrected chi connectivity index (χ2v) is 5.74. The zero-order valence-electron chi connectivity index (χ0n) is 9.78. The predicted molar refractivity (Wildman–Crippen MR) is 77.5 cm³/mol. The molecule has 0 saturated heterocycles. The molecule has 0 radical (unpaired) electrons. The molecule has 5 heteroatoms. The molecule has 0 fully saturated rings. The van der Waals surface area contributed by atoms with Gasteiger partial charge in [-0.15, -0.1) is 0 Å². The number of pyridine rings is 1. The van der Waals surface area contributed by atoms with Gasteiger partial charge in [-0.2, -0.15) is 0 Å². The van der Waals surface area contributed by atoms with Gasteiger partial charge < -0.3 is 5.73 Å². The summed E-state index contributed by atoms with van der Waals surface area (Å²) in [5.74, 6) is 0. The van der Waals surface area contributed by atoms with E-state index in [-0.39, 0.29) is 0 Å². The first-order valence-electron chi connectivity index (χ1n) is 5.39. The van der Waals surface area contributed by atoms with Gasteiger partial charge in [0.25, 0.3) is 0 Å². The van der Waals surface area contributed by atoms with Crippen LogP contribution in [0.4, 0.5) is 0 Å². The molecule has 94 valence electrons. The number of benzene rings is 1. The molecule has 1 aromatic heterocycles. The molecule has 2 nitrogen and oxygen atoms in total. The van der Waals surface area contributed by atoms with Crippen molar-refractivity contribution in [1.82, 2.24) is 4.98 Å². The van der Waals surface area contributed by atoms with E-state index in [1.54, 1.807) is 12.1 Å². The molecule has 0 saturated carbocycles. The molecule has 2 aromatic rings. The Hall–Kier alpha value is -0.740. The van der Waals surface area contributed by atoms with Crippen molar-refractivity contribution in [3.63, 3.8) is 0 Å². The van der Waals surface area contributed by atoms with Crippen LogP contribution in [-0.2, 0) is 6.54 Å². The molecule has 1 heterocycles. The first-order valence-corrected chi connectivity index (χ1v) is 6.96. The second-order valence-electron chi connectivity index (χ2n) is 3.84. The third-order valence-electron chi connectivity index (χ3n) is 2.33. The fourth-order valence-electron chi connectivity index (χ4n) is 1.55. The van der Waals surface area contributed by atoms with E-state index in [2.05, 4.69) is 4.98 Å². The molecule has 0 aliphatic rings. The summed E-state index contributed by atoms with van der Waals surface area (Å²) < 4.78 is 0. The maximum absolute atomic E-state index is 6.13. The molecule has 0 spiro atoms. The third-order valence-corrected chi connectivity index (χ3v) is 3.99. The second kappa shape index (κ2) is 5.93. The predicted octanol–water partition coefficient (Wildman–Crippen LogP) is 4.31. The van der Waals surface area contributed by atoms with Gasteiger partial charge >= 0.3 is 0 Å². The average Bonchev–Trinajstić information content (AvgIpc) is 2.33. The van der Waals surface area contributed by atoms with Crippen molar-refractivity contribution in [2.75, 3.05) is 0 Å². The Morgan fingerprint density at radius 1 is 1.22 bits per heavy atom. The summed E-state index contributed by atoms with van der Waals surface area (Å²) in [6.45, 7) is 2.45. The molecule has 2 rings (SSSR count). The van der Waals surface area contributed by atoms with Gasteiger partial charge in [0.15, 0.2) is 0 Å². The third kappa shape index (κ3) is 3.39. The Morgan fingerprint density at radius 2 is 2.00 bits per heavy atom. The number of nitrogens with zero attached hydrogens (tertiary/aromatic N) is 1.